The number of amides is 2. The Morgan fingerprint density at radius 1 is 1.32 bits per heavy atom. The molecule has 0 spiro atoms. The number of carbonyl (C=O) groups excluding carboxylic acids is 2. The van der Waals surface area contributed by atoms with E-state index in [1.807, 2.05) is 11.8 Å². The molecule has 8 nitrogen and oxygen atoms in total. The lowest BCUT2D eigenvalue weighted by Crippen LogP contribution is -2.38. The van der Waals surface area contributed by atoms with Crippen LogP contribution in [0.2, 0.25) is 0 Å². The van der Waals surface area contributed by atoms with Crippen molar-refractivity contribution in [2.75, 3.05) is 31.5 Å². The second kappa shape index (κ2) is 9.42. The number of halogens is 1. The van der Waals surface area contributed by atoms with Gasteiger partial charge in [0.1, 0.15) is 5.82 Å². The number of likely N-dealkylation sites (N-methyl/N-ethyl adjacent to an activating group) is 1. The van der Waals surface area contributed by atoms with Crippen molar-refractivity contribution < 1.29 is 24.2 Å². The first-order chi connectivity index (χ1) is 14.7. The van der Waals surface area contributed by atoms with Crippen LogP contribution in [-0.4, -0.2) is 64.4 Å². The van der Waals surface area contributed by atoms with Gasteiger partial charge in [-0.2, -0.15) is 0 Å². The lowest BCUT2D eigenvalue weighted by Gasteiger charge is -2.21. The van der Waals surface area contributed by atoms with Crippen molar-refractivity contribution in [3.8, 4) is 0 Å². The molecule has 0 aliphatic carbocycles. The van der Waals surface area contributed by atoms with Crippen LogP contribution in [0.4, 0.5) is 10.1 Å². The van der Waals surface area contributed by atoms with Gasteiger partial charge in [-0.1, -0.05) is 6.92 Å². The number of aromatic amines is 1. The normalized spacial score (nSPS) is 14.5. The van der Waals surface area contributed by atoms with E-state index in [1.165, 1.54) is 18.2 Å². The van der Waals surface area contributed by atoms with Crippen LogP contribution in [0.25, 0.3) is 11.6 Å². The van der Waals surface area contributed by atoms with Gasteiger partial charge in [0, 0.05) is 42.3 Å². The van der Waals surface area contributed by atoms with Gasteiger partial charge in [0.15, 0.2) is 6.29 Å². The molecule has 31 heavy (non-hydrogen) atoms. The third-order valence-electron chi connectivity index (χ3n) is 5.34. The molecule has 0 fully saturated rings. The maximum absolute atomic E-state index is 13.7. The third-order valence-corrected chi connectivity index (χ3v) is 5.34. The Labute approximate surface area is 179 Å². The molecule has 5 N–H and O–H groups in total. The van der Waals surface area contributed by atoms with Crippen LogP contribution >= 0.6 is 0 Å². The van der Waals surface area contributed by atoms with E-state index < -0.39 is 12.1 Å². The van der Waals surface area contributed by atoms with E-state index >= 15 is 0 Å². The maximum atomic E-state index is 13.7. The number of benzene rings is 1. The highest BCUT2D eigenvalue weighted by Crippen LogP contribution is 2.34. The number of fused-ring (bicyclic) bond motifs is 1. The Bertz CT molecular complexity index is 1030. The zero-order valence-corrected chi connectivity index (χ0v) is 17.8. The molecule has 1 aliphatic rings. The third kappa shape index (κ3) is 5.01. The van der Waals surface area contributed by atoms with Gasteiger partial charge in [0.2, 0.25) is 0 Å². The second-order valence-electron chi connectivity index (χ2n) is 7.50. The molecule has 0 saturated heterocycles. The Morgan fingerprint density at radius 2 is 2.06 bits per heavy atom. The van der Waals surface area contributed by atoms with Gasteiger partial charge in [0.05, 0.1) is 11.1 Å². The van der Waals surface area contributed by atoms with E-state index in [1.54, 1.807) is 19.9 Å². The molecule has 2 aromatic rings. The number of aliphatic hydroxyl groups excluding tert-OH is 1. The van der Waals surface area contributed by atoms with E-state index in [0.29, 0.717) is 59.0 Å². The first-order valence-electron chi connectivity index (χ1n) is 10.1. The fraction of sp³-hybridized carbons (Fsp3) is 0.364. The Morgan fingerprint density at radius 3 is 2.74 bits per heavy atom. The summed E-state index contributed by atoms with van der Waals surface area (Å²) in [4.78, 5) is 30.0. The van der Waals surface area contributed by atoms with Gasteiger partial charge >= 0.3 is 0 Å². The minimum Gasteiger partial charge on any atom is -0.367 e. The number of hydrogen-bond acceptors (Lipinski definition) is 5. The molecule has 3 rings (SSSR count). The van der Waals surface area contributed by atoms with Crippen LogP contribution in [0.1, 0.15) is 39.8 Å². The molecule has 2 amide bonds. The topological polar surface area (TPSA) is 118 Å². The molecule has 0 atom stereocenters. The van der Waals surface area contributed by atoms with Crippen LogP contribution in [0.15, 0.2) is 18.2 Å². The SMILES string of the molecule is CCN(CCNC(=O)c1c(C)[nH]c(/C=C2\C(=O)Nc3ccc(F)cc32)c1C)CC(O)O. The number of rotatable bonds is 8. The Hall–Kier alpha value is -3.01. The average Bonchev–Trinajstić information content (AvgIpc) is 3.16. The number of nitrogens with one attached hydrogen (secondary N) is 3. The van der Waals surface area contributed by atoms with Crippen LogP contribution in [0.5, 0.6) is 0 Å². The Balaban J connectivity index is 1.77. The molecular weight excluding hydrogens is 403 g/mol. The molecule has 166 valence electrons. The lowest BCUT2D eigenvalue weighted by atomic mass is 10.0. The standard InChI is InChI=1S/C22H27FN4O4/c1-4-27(11-19(28)29)8-7-24-22(31)20-12(2)18(25-13(20)3)10-16-15-9-14(23)5-6-17(15)26-21(16)30/h5-6,9-10,19,25,28-29H,4,7-8,11H2,1-3H3,(H,24,31)(H,26,30)/b16-10-. The first kappa shape index (κ1) is 22.7. The second-order valence-corrected chi connectivity index (χ2v) is 7.50. The fourth-order valence-electron chi connectivity index (χ4n) is 3.73. The minimum atomic E-state index is -1.42. The van der Waals surface area contributed by atoms with Crippen LogP contribution in [-0.2, 0) is 4.79 Å². The summed E-state index contributed by atoms with van der Waals surface area (Å²) in [6.07, 6.45) is 0.202. The van der Waals surface area contributed by atoms with E-state index in [-0.39, 0.29) is 18.4 Å². The van der Waals surface area contributed by atoms with Crippen LogP contribution in [0.3, 0.4) is 0 Å². The highest BCUT2D eigenvalue weighted by atomic mass is 19.1. The minimum absolute atomic E-state index is 0.108. The summed E-state index contributed by atoms with van der Waals surface area (Å²) in [7, 11) is 0. The van der Waals surface area contributed by atoms with Crippen molar-refractivity contribution in [2.24, 2.45) is 0 Å². The first-order valence-corrected chi connectivity index (χ1v) is 10.1. The fourth-order valence-corrected chi connectivity index (χ4v) is 3.73. The predicted octanol–water partition coefficient (Wildman–Crippen LogP) is 1.63. The van der Waals surface area contributed by atoms with Crippen molar-refractivity contribution >= 4 is 29.2 Å². The number of carbonyl (C=O) groups is 2. The zero-order chi connectivity index (χ0) is 22.7. The number of aliphatic hydroxyl groups is 2. The smallest absolute Gasteiger partial charge is 0.256 e. The highest BCUT2D eigenvalue weighted by molar-refractivity contribution is 6.34. The summed E-state index contributed by atoms with van der Waals surface area (Å²) in [5.74, 6) is -1.03. The summed E-state index contributed by atoms with van der Waals surface area (Å²) in [5, 5.41) is 23.7. The van der Waals surface area contributed by atoms with Crippen molar-refractivity contribution in [1.29, 1.82) is 0 Å². The maximum Gasteiger partial charge on any atom is 0.256 e. The monoisotopic (exact) mass is 430 g/mol. The molecule has 9 heteroatoms. The van der Waals surface area contributed by atoms with Gasteiger partial charge in [-0.3, -0.25) is 14.5 Å². The molecule has 1 aromatic heterocycles. The molecule has 1 aliphatic heterocycles. The molecule has 0 unspecified atom stereocenters. The van der Waals surface area contributed by atoms with Crippen molar-refractivity contribution in [3.05, 3.63) is 52.1 Å². The largest absolute Gasteiger partial charge is 0.367 e. The summed E-state index contributed by atoms with van der Waals surface area (Å²) in [6.45, 7) is 7.00. The average molecular weight is 430 g/mol. The molecule has 1 aromatic carbocycles. The van der Waals surface area contributed by atoms with E-state index in [9.17, 15) is 14.0 Å². The van der Waals surface area contributed by atoms with Gasteiger partial charge < -0.3 is 25.8 Å². The summed E-state index contributed by atoms with van der Waals surface area (Å²) in [6, 6.07) is 4.11. The summed E-state index contributed by atoms with van der Waals surface area (Å²) >= 11 is 0. The van der Waals surface area contributed by atoms with E-state index in [2.05, 4.69) is 15.6 Å². The number of hydrogen-bond donors (Lipinski definition) is 5. The van der Waals surface area contributed by atoms with E-state index in [0.717, 1.165) is 0 Å². The van der Waals surface area contributed by atoms with Gasteiger partial charge in [-0.05, 0) is 50.2 Å². The molecule has 0 saturated carbocycles. The summed E-state index contributed by atoms with van der Waals surface area (Å²) in [5.41, 5.74) is 3.76. The van der Waals surface area contributed by atoms with Gasteiger partial charge in [0.25, 0.3) is 11.8 Å². The number of aryl methyl sites for hydroxylation is 1. The molecule has 0 radical (unpaired) electrons. The number of aromatic nitrogens is 1. The Kier molecular flexibility index (Phi) is 6.89. The van der Waals surface area contributed by atoms with Gasteiger partial charge in [-0.25, -0.2) is 4.39 Å². The quantitative estimate of drug-likeness (QED) is 0.322. The number of nitrogens with zero attached hydrogens (tertiary/aromatic N) is 1. The van der Waals surface area contributed by atoms with Gasteiger partial charge in [-0.15, -0.1) is 0 Å². The van der Waals surface area contributed by atoms with Crippen LogP contribution in [0, 0.1) is 19.7 Å². The molecule has 0 bridgehead atoms. The molecular formula is C22H27FN4O4. The summed E-state index contributed by atoms with van der Waals surface area (Å²) < 4.78 is 13.7. The number of anilines is 1. The van der Waals surface area contributed by atoms with E-state index in [4.69, 9.17) is 10.2 Å². The van der Waals surface area contributed by atoms with Crippen LogP contribution < -0.4 is 10.6 Å². The van der Waals surface area contributed by atoms with Crippen molar-refractivity contribution in [1.82, 2.24) is 15.2 Å². The number of H-pyrrole nitrogens is 1. The zero-order valence-electron chi connectivity index (χ0n) is 17.8. The molecule has 2 heterocycles. The predicted molar refractivity (Wildman–Crippen MR) is 116 cm³/mol. The van der Waals surface area contributed by atoms with Crippen molar-refractivity contribution in [2.45, 2.75) is 27.1 Å². The highest BCUT2D eigenvalue weighted by Gasteiger charge is 2.26. The van der Waals surface area contributed by atoms with Crippen molar-refractivity contribution in [3.63, 3.8) is 0 Å². The lowest BCUT2D eigenvalue weighted by molar-refractivity contribution is -0.110.